The number of nitrogens with one attached hydrogen (secondary N) is 1. The highest BCUT2D eigenvalue weighted by atomic mass is 32.2. The van der Waals surface area contributed by atoms with Crippen molar-refractivity contribution in [1.82, 2.24) is 9.97 Å². The smallest absolute Gasteiger partial charge is 0.140 e. The van der Waals surface area contributed by atoms with E-state index in [1.165, 1.54) is 49.8 Å². The summed E-state index contributed by atoms with van der Waals surface area (Å²) >= 11 is 2.05. The Morgan fingerprint density at radius 3 is 2.68 bits per heavy atom. The largest absolute Gasteiger partial charge is 0.373 e. The lowest BCUT2D eigenvalue weighted by atomic mass is 9.96. The van der Waals surface area contributed by atoms with Crippen molar-refractivity contribution in [2.24, 2.45) is 0 Å². The molecule has 0 amide bonds. The third kappa shape index (κ3) is 3.04. The Balaban J connectivity index is 1.73. The maximum absolute atomic E-state index is 4.81. The summed E-state index contributed by atoms with van der Waals surface area (Å²) in [6.45, 7) is 0. The lowest BCUT2D eigenvalue weighted by Crippen LogP contribution is -2.13. The molecule has 0 spiro atoms. The molecule has 0 aliphatic heterocycles. The lowest BCUT2D eigenvalue weighted by molar-refractivity contribution is 0.659. The molecule has 0 radical (unpaired) electrons. The molecule has 1 saturated carbocycles. The van der Waals surface area contributed by atoms with Gasteiger partial charge in [0.1, 0.15) is 11.6 Å². The number of nitrogens with zero attached hydrogens (tertiary/aromatic N) is 2. The first kappa shape index (κ1) is 13.2. The molecule has 1 heterocycles. The molecule has 0 aromatic carbocycles. The molecule has 1 aromatic rings. The number of aryl methyl sites for hydroxylation is 1. The predicted octanol–water partition coefficient (Wildman–Crippen LogP) is 3.57. The number of thioether (sulfide) groups is 1. The van der Waals surface area contributed by atoms with Crippen molar-refractivity contribution < 1.29 is 0 Å². The van der Waals surface area contributed by atoms with Crippen molar-refractivity contribution in [3.63, 3.8) is 0 Å². The van der Waals surface area contributed by atoms with E-state index in [9.17, 15) is 0 Å². The van der Waals surface area contributed by atoms with Gasteiger partial charge in [-0.25, -0.2) is 9.97 Å². The van der Waals surface area contributed by atoms with Gasteiger partial charge in [-0.3, -0.25) is 0 Å². The van der Waals surface area contributed by atoms with Gasteiger partial charge in [-0.2, -0.15) is 11.8 Å². The van der Waals surface area contributed by atoms with Gasteiger partial charge in [0.05, 0.1) is 5.75 Å². The van der Waals surface area contributed by atoms with E-state index in [-0.39, 0.29) is 0 Å². The van der Waals surface area contributed by atoms with Crippen LogP contribution in [0.5, 0.6) is 0 Å². The Morgan fingerprint density at radius 2 is 1.89 bits per heavy atom. The second-order valence-corrected chi connectivity index (χ2v) is 6.88. The summed E-state index contributed by atoms with van der Waals surface area (Å²) in [5.41, 5.74) is 2.66. The molecule has 1 aromatic heterocycles. The van der Waals surface area contributed by atoms with Crippen LogP contribution in [-0.4, -0.2) is 22.3 Å². The van der Waals surface area contributed by atoms with E-state index in [2.05, 4.69) is 17.1 Å². The van der Waals surface area contributed by atoms with Crippen molar-refractivity contribution in [2.75, 3.05) is 12.4 Å². The van der Waals surface area contributed by atoms with Gasteiger partial charge >= 0.3 is 0 Å². The van der Waals surface area contributed by atoms with E-state index in [4.69, 9.17) is 9.97 Å². The average Bonchev–Trinajstić information content (AvgIpc) is 2.97. The molecule has 1 fully saturated rings. The molecule has 4 heteroatoms. The quantitative estimate of drug-likeness (QED) is 0.913. The fourth-order valence-corrected chi connectivity index (χ4v) is 4.34. The maximum Gasteiger partial charge on any atom is 0.140 e. The molecular formula is C15H23N3S. The van der Waals surface area contributed by atoms with E-state index in [0.717, 1.165) is 35.5 Å². The van der Waals surface area contributed by atoms with E-state index < -0.39 is 0 Å². The first-order chi connectivity index (χ1) is 9.36. The SMILES string of the molecule is CNc1nc(CSC2CCCC2)nc2c1CCCC2. The Morgan fingerprint density at radius 1 is 1.11 bits per heavy atom. The topological polar surface area (TPSA) is 37.8 Å². The van der Waals surface area contributed by atoms with E-state index in [0.29, 0.717) is 0 Å². The van der Waals surface area contributed by atoms with Crippen molar-refractivity contribution in [3.8, 4) is 0 Å². The number of hydrogen-bond acceptors (Lipinski definition) is 4. The molecule has 19 heavy (non-hydrogen) atoms. The van der Waals surface area contributed by atoms with Crippen LogP contribution in [0.25, 0.3) is 0 Å². The molecule has 2 aliphatic rings. The Labute approximate surface area is 120 Å². The molecule has 3 nitrogen and oxygen atoms in total. The molecular weight excluding hydrogens is 254 g/mol. The molecule has 2 aliphatic carbocycles. The number of aromatic nitrogens is 2. The number of anilines is 1. The molecule has 1 N–H and O–H groups in total. The second kappa shape index (κ2) is 6.12. The zero-order valence-corrected chi connectivity index (χ0v) is 12.6. The summed E-state index contributed by atoms with van der Waals surface area (Å²) in [6.07, 6.45) is 10.4. The van der Waals surface area contributed by atoms with Gasteiger partial charge in [0, 0.05) is 23.6 Å². The molecule has 3 rings (SSSR count). The summed E-state index contributed by atoms with van der Waals surface area (Å²) in [7, 11) is 1.98. The zero-order chi connectivity index (χ0) is 13.1. The van der Waals surface area contributed by atoms with Crippen LogP contribution in [0.4, 0.5) is 5.82 Å². The van der Waals surface area contributed by atoms with Gasteiger partial charge in [0.25, 0.3) is 0 Å². The molecule has 0 saturated heterocycles. The summed E-state index contributed by atoms with van der Waals surface area (Å²) in [4.78, 5) is 9.53. The third-order valence-electron chi connectivity index (χ3n) is 4.22. The predicted molar refractivity (Wildman–Crippen MR) is 81.8 cm³/mol. The van der Waals surface area contributed by atoms with Crippen LogP contribution < -0.4 is 5.32 Å². The highest BCUT2D eigenvalue weighted by Crippen LogP contribution is 2.32. The summed E-state index contributed by atoms with van der Waals surface area (Å²) in [5.74, 6) is 3.08. The zero-order valence-electron chi connectivity index (χ0n) is 11.7. The van der Waals surface area contributed by atoms with Gasteiger partial charge in [-0.05, 0) is 38.5 Å². The van der Waals surface area contributed by atoms with Crippen molar-refractivity contribution >= 4 is 17.6 Å². The fraction of sp³-hybridized carbons (Fsp3) is 0.733. The summed E-state index contributed by atoms with van der Waals surface area (Å²) < 4.78 is 0. The van der Waals surface area contributed by atoms with E-state index in [1.807, 2.05) is 7.05 Å². The molecule has 0 atom stereocenters. The van der Waals surface area contributed by atoms with Crippen molar-refractivity contribution in [2.45, 2.75) is 62.4 Å². The standard InChI is InChI=1S/C15H23N3S/c1-16-15-12-8-4-5-9-13(12)17-14(18-15)10-19-11-6-2-3-7-11/h11H,2-10H2,1H3,(H,16,17,18). The first-order valence-electron chi connectivity index (χ1n) is 7.55. The van der Waals surface area contributed by atoms with Crippen LogP contribution in [0.1, 0.15) is 55.6 Å². The van der Waals surface area contributed by atoms with E-state index >= 15 is 0 Å². The second-order valence-electron chi connectivity index (χ2n) is 5.59. The molecule has 0 bridgehead atoms. The van der Waals surface area contributed by atoms with Crippen LogP contribution >= 0.6 is 11.8 Å². The van der Waals surface area contributed by atoms with Crippen LogP contribution in [0, 0.1) is 0 Å². The molecule has 104 valence electrons. The van der Waals surface area contributed by atoms with Crippen LogP contribution in [-0.2, 0) is 18.6 Å². The van der Waals surface area contributed by atoms with E-state index in [1.54, 1.807) is 0 Å². The van der Waals surface area contributed by atoms with Gasteiger partial charge < -0.3 is 5.32 Å². The fourth-order valence-electron chi connectivity index (χ4n) is 3.16. The Bertz CT molecular complexity index is 424. The van der Waals surface area contributed by atoms with Gasteiger partial charge in [0.15, 0.2) is 0 Å². The number of hydrogen-bond donors (Lipinski definition) is 1. The van der Waals surface area contributed by atoms with Crippen molar-refractivity contribution in [1.29, 1.82) is 0 Å². The normalized spacial score (nSPS) is 19.4. The summed E-state index contributed by atoms with van der Waals surface area (Å²) in [5, 5.41) is 4.11. The minimum absolute atomic E-state index is 0.845. The van der Waals surface area contributed by atoms with Gasteiger partial charge in [-0.15, -0.1) is 0 Å². The highest BCUT2D eigenvalue weighted by molar-refractivity contribution is 7.99. The van der Waals surface area contributed by atoms with Gasteiger partial charge in [0.2, 0.25) is 0 Å². The van der Waals surface area contributed by atoms with Crippen LogP contribution in [0.2, 0.25) is 0 Å². The minimum Gasteiger partial charge on any atom is -0.373 e. The third-order valence-corrected chi connectivity index (χ3v) is 5.58. The van der Waals surface area contributed by atoms with Gasteiger partial charge in [-0.1, -0.05) is 12.8 Å². The number of fused-ring (bicyclic) bond motifs is 1. The average molecular weight is 277 g/mol. The minimum atomic E-state index is 0.845. The highest BCUT2D eigenvalue weighted by Gasteiger charge is 2.19. The Kier molecular flexibility index (Phi) is 4.26. The summed E-state index contributed by atoms with van der Waals surface area (Å²) in [6, 6.07) is 0. The Hall–Kier alpha value is -0.770. The number of rotatable bonds is 4. The monoisotopic (exact) mass is 277 g/mol. The molecule has 0 unspecified atom stereocenters. The first-order valence-corrected chi connectivity index (χ1v) is 8.59. The van der Waals surface area contributed by atoms with Crippen LogP contribution in [0.15, 0.2) is 0 Å². The van der Waals surface area contributed by atoms with Crippen molar-refractivity contribution in [3.05, 3.63) is 17.1 Å². The van der Waals surface area contributed by atoms with Crippen LogP contribution in [0.3, 0.4) is 0 Å². The lowest BCUT2D eigenvalue weighted by Gasteiger charge is -2.19. The maximum atomic E-state index is 4.81.